The molecule has 270 valence electrons. The van der Waals surface area contributed by atoms with Gasteiger partial charge in [-0.05, 0) is 124 Å². The Labute approximate surface area is 333 Å². The summed E-state index contributed by atoms with van der Waals surface area (Å²) in [5.74, 6) is 0. The van der Waals surface area contributed by atoms with E-state index in [2.05, 4.69) is 230 Å². The lowest BCUT2D eigenvalue weighted by molar-refractivity contribution is 0.785. The number of hydrogen-bond donors (Lipinski definition) is 0. The van der Waals surface area contributed by atoms with Crippen LogP contribution in [0.3, 0.4) is 0 Å². The van der Waals surface area contributed by atoms with E-state index >= 15 is 0 Å². The SMILES string of the molecule is C/C=C\C1=C(C)c2ccccc2C12c1ccccc1-c1ccc(N(c3ccc(-c4ccccc4)cc3)c3ccc4c5ccccc5n(-c5ccccc5)c4c3)cc12. The topological polar surface area (TPSA) is 8.17 Å². The fourth-order valence-electron chi connectivity index (χ4n) is 9.95. The van der Waals surface area contributed by atoms with E-state index in [-0.39, 0.29) is 0 Å². The number of rotatable bonds is 6. The lowest BCUT2D eigenvalue weighted by Gasteiger charge is -2.33. The van der Waals surface area contributed by atoms with Crippen molar-refractivity contribution in [3.63, 3.8) is 0 Å². The normalized spacial score (nSPS) is 15.5. The van der Waals surface area contributed by atoms with Gasteiger partial charge in [-0.25, -0.2) is 0 Å². The minimum atomic E-state index is -0.429. The van der Waals surface area contributed by atoms with Gasteiger partial charge in [-0.15, -0.1) is 0 Å². The van der Waals surface area contributed by atoms with Crippen molar-refractivity contribution in [3.05, 3.63) is 234 Å². The monoisotopic (exact) mass is 728 g/mol. The van der Waals surface area contributed by atoms with E-state index in [0.29, 0.717) is 0 Å². The van der Waals surface area contributed by atoms with E-state index < -0.39 is 5.41 Å². The second-order valence-corrected chi connectivity index (χ2v) is 15.2. The van der Waals surface area contributed by atoms with Crippen molar-refractivity contribution in [1.82, 2.24) is 4.57 Å². The van der Waals surface area contributed by atoms with Crippen LogP contribution in [0.5, 0.6) is 0 Å². The van der Waals surface area contributed by atoms with Crippen molar-refractivity contribution in [1.29, 1.82) is 0 Å². The number of anilines is 3. The van der Waals surface area contributed by atoms with E-state index in [4.69, 9.17) is 0 Å². The molecule has 1 unspecified atom stereocenters. The summed E-state index contributed by atoms with van der Waals surface area (Å²) in [6.07, 6.45) is 4.56. The molecule has 1 spiro atoms. The summed E-state index contributed by atoms with van der Waals surface area (Å²) in [6.45, 7) is 4.44. The summed E-state index contributed by atoms with van der Waals surface area (Å²) in [7, 11) is 0. The summed E-state index contributed by atoms with van der Waals surface area (Å²) >= 11 is 0. The van der Waals surface area contributed by atoms with Crippen LogP contribution in [0.15, 0.2) is 212 Å². The average molecular weight is 729 g/mol. The lowest BCUT2D eigenvalue weighted by Crippen LogP contribution is -2.27. The van der Waals surface area contributed by atoms with E-state index in [1.54, 1.807) is 0 Å². The molecule has 0 radical (unpaired) electrons. The number of para-hydroxylation sites is 2. The number of nitrogens with zero attached hydrogens (tertiary/aromatic N) is 2. The van der Waals surface area contributed by atoms with Gasteiger partial charge >= 0.3 is 0 Å². The first-order valence-electron chi connectivity index (χ1n) is 19.9. The first-order valence-corrected chi connectivity index (χ1v) is 19.9. The van der Waals surface area contributed by atoms with Crippen molar-refractivity contribution in [2.24, 2.45) is 0 Å². The van der Waals surface area contributed by atoms with Gasteiger partial charge in [0.05, 0.1) is 16.4 Å². The summed E-state index contributed by atoms with van der Waals surface area (Å²) in [5, 5.41) is 2.48. The van der Waals surface area contributed by atoms with Gasteiger partial charge in [0.2, 0.25) is 0 Å². The molecular weight excluding hydrogens is 689 g/mol. The van der Waals surface area contributed by atoms with E-state index in [1.165, 1.54) is 77.5 Å². The van der Waals surface area contributed by atoms with Gasteiger partial charge in [0.1, 0.15) is 0 Å². The van der Waals surface area contributed by atoms with Gasteiger partial charge in [0, 0.05) is 33.5 Å². The van der Waals surface area contributed by atoms with Gasteiger partial charge in [-0.1, -0.05) is 152 Å². The first kappa shape index (κ1) is 33.2. The van der Waals surface area contributed by atoms with Crippen LogP contribution in [0.4, 0.5) is 17.1 Å². The van der Waals surface area contributed by atoms with Gasteiger partial charge in [-0.3, -0.25) is 0 Å². The maximum Gasteiger partial charge on any atom is 0.0722 e. The Morgan fingerprint density at radius 3 is 1.79 bits per heavy atom. The quantitative estimate of drug-likeness (QED) is 0.165. The molecule has 57 heavy (non-hydrogen) atoms. The zero-order chi connectivity index (χ0) is 38.1. The van der Waals surface area contributed by atoms with Gasteiger partial charge in [0.15, 0.2) is 0 Å². The standard InChI is InChI=1S/C55H40N2/c1-3-16-49-37(2)44-21-10-13-24-50(44)55(49)51-25-14-11-22-45(51)46-33-31-42(35-52(46)55)56(41-29-27-39(28-30-41)38-17-6-4-7-18-38)43-32-34-48-47-23-12-15-26-53(47)57(54(48)36-43)40-19-8-5-9-20-40/h3-36H,1-2H3/b16-3-. The molecule has 0 N–H and O–H groups in total. The number of aromatic nitrogens is 1. The molecular formula is C55H40N2. The first-order chi connectivity index (χ1) is 28.2. The van der Waals surface area contributed by atoms with Crippen LogP contribution >= 0.6 is 0 Å². The smallest absolute Gasteiger partial charge is 0.0722 e. The minimum absolute atomic E-state index is 0.429. The number of fused-ring (bicyclic) bond motifs is 10. The highest BCUT2D eigenvalue weighted by atomic mass is 15.1. The molecule has 0 saturated carbocycles. The molecule has 0 fully saturated rings. The Morgan fingerprint density at radius 2 is 1.02 bits per heavy atom. The molecule has 0 saturated heterocycles. The molecule has 11 rings (SSSR count). The van der Waals surface area contributed by atoms with Crippen LogP contribution in [0, 0.1) is 0 Å². The van der Waals surface area contributed by atoms with Gasteiger partial charge in [0.25, 0.3) is 0 Å². The number of hydrogen-bond acceptors (Lipinski definition) is 1. The Morgan fingerprint density at radius 1 is 0.456 bits per heavy atom. The number of allylic oxidation sites excluding steroid dienone is 4. The highest BCUT2D eigenvalue weighted by Gasteiger charge is 2.51. The average Bonchev–Trinajstić information content (AvgIpc) is 3.85. The second kappa shape index (κ2) is 13.0. The zero-order valence-electron chi connectivity index (χ0n) is 32.0. The van der Waals surface area contributed by atoms with Crippen LogP contribution in [0.2, 0.25) is 0 Å². The Balaban J connectivity index is 1.18. The van der Waals surface area contributed by atoms with Crippen molar-refractivity contribution in [2.45, 2.75) is 19.3 Å². The molecule has 0 bridgehead atoms. The highest BCUT2D eigenvalue weighted by molar-refractivity contribution is 6.10. The third-order valence-corrected chi connectivity index (χ3v) is 12.3. The molecule has 9 aromatic rings. The predicted octanol–water partition coefficient (Wildman–Crippen LogP) is 14.6. The fraction of sp³-hybridized carbons (Fsp3) is 0.0545. The molecule has 2 heteroatoms. The molecule has 0 amide bonds. The molecule has 8 aromatic carbocycles. The summed E-state index contributed by atoms with van der Waals surface area (Å²) in [5.41, 5.74) is 19.5. The molecule has 1 aromatic heterocycles. The van der Waals surface area contributed by atoms with Gasteiger partial charge in [-0.2, -0.15) is 0 Å². The van der Waals surface area contributed by atoms with E-state index in [1.807, 2.05) is 0 Å². The largest absolute Gasteiger partial charge is 0.310 e. The van der Waals surface area contributed by atoms with Crippen molar-refractivity contribution in [2.75, 3.05) is 4.90 Å². The maximum absolute atomic E-state index is 2.48. The summed E-state index contributed by atoms with van der Waals surface area (Å²) in [6, 6.07) is 71.4. The summed E-state index contributed by atoms with van der Waals surface area (Å²) in [4.78, 5) is 2.45. The van der Waals surface area contributed by atoms with E-state index in [0.717, 1.165) is 22.7 Å². The number of benzene rings is 8. The van der Waals surface area contributed by atoms with Crippen LogP contribution in [0.1, 0.15) is 36.1 Å². The summed E-state index contributed by atoms with van der Waals surface area (Å²) < 4.78 is 2.41. The maximum atomic E-state index is 2.48. The van der Waals surface area contributed by atoms with Gasteiger partial charge < -0.3 is 9.47 Å². The third kappa shape index (κ3) is 4.84. The predicted molar refractivity (Wildman–Crippen MR) is 240 cm³/mol. The molecule has 2 aliphatic carbocycles. The molecule has 0 aliphatic heterocycles. The zero-order valence-corrected chi connectivity index (χ0v) is 32.0. The molecule has 2 nitrogen and oxygen atoms in total. The van der Waals surface area contributed by atoms with Crippen LogP contribution < -0.4 is 4.90 Å². The van der Waals surface area contributed by atoms with Crippen molar-refractivity contribution in [3.8, 4) is 27.9 Å². The van der Waals surface area contributed by atoms with Crippen LogP contribution in [-0.2, 0) is 5.41 Å². The highest BCUT2D eigenvalue weighted by Crippen LogP contribution is 2.62. The fourth-order valence-corrected chi connectivity index (χ4v) is 9.95. The molecule has 1 atom stereocenters. The molecule has 2 aliphatic rings. The Hall–Kier alpha value is -7.16. The van der Waals surface area contributed by atoms with Crippen LogP contribution in [0.25, 0.3) is 55.3 Å². The van der Waals surface area contributed by atoms with E-state index in [9.17, 15) is 0 Å². The lowest BCUT2D eigenvalue weighted by atomic mass is 9.69. The Bertz CT molecular complexity index is 3070. The van der Waals surface area contributed by atoms with Crippen LogP contribution in [-0.4, -0.2) is 4.57 Å². The van der Waals surface area contributed by atoms with Crippen molar-refractivity contribution < 1.29 is 0 Å². The third-order valence-electron chi connectivity index (χ3n) is 12.3. The molecule has 1 heterocycles. The Kier molecular flexibility index (Phi) is 7.55. The van der Waals surface area contributed by atoms with Crippen molar-refractivity contribution >= 4 is 44.4 Å². The minimum Gasteiger partial charge on any atom is -0.310 e. The second-order valence-electron chi connectivity index (χ2n) is 15.2.